The van der Waals surface area contributed by atoms with Crippen molar-refractivity contribution < 1.29 is 4.92 Å². The van der Waals surface area contributed by atoms with Crippen molar-refractivity contribution in [2.75, 3.05) is 43.5 Å². The molecule has 0 radical (unpaired) electrons. The number of rotatable bonds is 8. The van der Waals surface area contributed by atoms with E-state index in [0.717, 1.165) is 36.8 Å². The topological polar surface area (TPSA) is 84.4 Å². The minimum absolute atomic E-state index is 0.0480. The summed E-state index contributed by atoms with van der Waals surface area (Å²) >= 11 is 1.52. The fourth-order valence-corrected chi connectivity index (χ4v) is 2.53. The fraction of sp³-hybridized carbons (Fsp3) is 0.538. The van der Waals surface area contributed by atoms with Crippen molar-refractivity contribution in [2.45, 2.75) is 18.7 Å². The Balaban J connectivity index is 2.82. The molecular formula is C13H22N4O2S. The molecule has 0 saturated carbocycles. The molecule has 0 spiro atoms. The molecule has 0 aliphatic carbocycles. The van der Waals surface area contributed by atoms with Crippen LogP contribution in [-0.2, 0) is 0 Å². The van der Waals surface area contributed by atoms with Gasteiger partial charge in [0, 0.05) is 24.1 Å². The first-order chi connectivity index (χ1) is 9.53. The van der Waals surface area contributed by atoms with Crippen LogP contribution in [0.1, 0.15) is 13.8 Å². The zero-order valence-corrected chi connectivity index (χ0v) is 13.0. The maximum Gasteiger partial charge on any atom is 0.294 e. The molecule has 0 bridgehead atoms. The predicted molar refractivity (Wildman–Crippen MR) is 85.6 cm³/mol. The highest BCUT2D eigenvalue weighted by molar-refractivity contribution is 7.98. The molecule has 0 aliphatic rings. The van der Waals surface area contributed by atoms with E-state index in [-0.39, 0.29) is 11.4 Å². The Morgan fingerprint density at radius 3 is 2.55 bits per heavy atom. The van der Waals surface area contributed by atoms with Crippen LogP contribution in [0.3, 0.4) is 0 Å². The van der Waals surface area contributed by atoms with E-state index in [0.29, 0.717) is 0 Å². The number of nitro benzene ring substituents is 1. The third-order valence-corrected chi connectivity index (χ3v) is 3.96. The zero-order chi connectivity index (χ0) is 15.1. The third-order valence-electron chi connectivity index (χ3n) is 3.18. The van der Waals surface area contributed by atoms with Gasteiger partial charge in [-0.25, -0.2) is 0 Å². The van der Waals surface area contributed by atoms with Crippen molar-refractivity contribution >= 4 is 28.8 Å². The number of hydrogen-bond acceptors (Lipinski definition) is 6. The summed E-state index contributed by atoms with van der Waals surface area (Å²) in [5, 5.41) is 14.2. The highest BCUT2D eigenvalue weighted by Gasteiger charge is 2.15. The zero-order valence-electron chi connectivity index (χ0n) is 12.2. The van der Waals surface area contributed by atoms with Crippen LogP contribution in [0.2, 0.25) is 0 Å². The molecule has 0 aliphatic heterocycles. The van der Waals surface area contributed by atoms with Crippen molar-refractivity contribution in [3.63, 3.8) is 0 Å². The monoisotopic (exact) mass is 298 g/mol. The van der Waals surface area contributed by atoms with Crippen LogP contribution < -0.4 is 11.1 Å². The molecule has 0 aromatic heterocycles. The Bertz CT molecular complexity index is 464. The smallest absolute Gasteiger partial charge is 0.294 e. The Morgan fingerprint density at radius 1 is 1.40 bits per heavy atom. The Labute approximate surface area is 123 Å². The van der Waals surface area contributed by atoms with Crippen LogP contribution in [0.15, 0.2) is 17.0 Å². The second kappa shape index (κ2) is 7.96. The first kappa shape index (κ1) is 16.6. The number of anilines is 2. The van der Waals surface area contributed by atoms with Gasteiger partial charge in [-0.05, 0) is 25.4 Å². The number of likely N-dealkylation sites (N-methyl/N-ethyl adjacent to an activating group) is 1. The van der Waals surface area contributed by atoms with Gasteiger partial charge in [0.25, 0.3) is 5.69 Å². The lowest BCUT2D eigenvalue weighted by atomic mass is 10.2. The lowest BCUT2D eigenvalue weighted by molar-refractivity contribution is -0.383. The standard InChI is InChI=1S/C13H22N4O2S/c1-4-16(5-2)7-6-15-11-9-12(17(18)19)10(14)8-13(11)20-3/h8-9,15H,4-7,14H2,1-3H3. The molecule has 1 aromatic carbocycles. The summed E-state index contributed by atoms with van der Waals surface area (Å²) in [4.78, 5) is 13.7. The molecule has 0 unspecified atom stereocenters. The number of nitrogens with two attached hydrogens (primary N) is 1. The molecule has 7 heteroatoms. The summed E-state index contributed by atoms with van der Waals surface area (Å²) in [6, 6.07) is 3.17. The van der Waals surface area contributed by atoms with E-state index in [1.165, 1.54) is 17.8 Å². The van der Waals surface area contributed by atoms with Gasteiger partial charge in [-0.15, -0.1) is 11.8 Å². The molecule has 6 nitrogen and oxygen atoms in total. The van der Waals surface area contributed by atoms with E-state index in [1.54, 1.807) is 6.07 Å². The molecule has 3 N–H and O–H groups in total. The van der Waals surface area contributed by atoms with Gasteiger partial charge < -0.3 is 16.0 Å². The summed E-state index contributed by atoms with van der Waals surface area (Å²) in [6.45, 7) is 7.87. The molecule has 0 atom stereocenters. The minimum atomic E-state index is -0.449. The van der Waals surface area contributed by atoms with Gasteiger partial charge in [0.1, 0.15) is 5.69 Å². The van der Waals surface area contributed by atoms with Crippen molar-refractivity contribution in [2.24, 2.45) is 0 Å². The van der Waals surface area contributed by atoms with Crippen LogP contribution in [0.4, 0.5) is 17.1 Å². The third kappa shape index (κ3) is 4.28. The summed E-state index contributed by atoms with van der Waals surface area (Å²) in [6.07, 6.45) is 1.93. The van der Waals surface area contributed by atoms with Crippen LogP contribution in [-0.4, -0.2) is 42.3 Å². The molecule has 112 valence electrons. The number of nitrogens with one attached hydrogen (secondary N) is 1. The molecule has 0 heterocycles. The predicted octanol–water partition coefficient (Wildman–Crippen LogP) is 2.65. The quantitative estimate of drug-likeness (QED) is 0.332. The molecule has 0 saturated heterocycles. The van der Waals surface area contributed by atoms with E-state index in [4.69, 9.17) is 5.73 Å². The molecule has 1 rings (SSSR count). The number of benzene rings is 1. The van der Waals surface area contributed by atoms with Crippen molar-refractivity contribution in [1.82, 2.24) is 4.90 Å². The molecule has 0 amide bonds. The molecule has 1 aromatic rings. The Morgan fingerprint density at radius 2 is 2.05 bits per heavy atom. The lowest BCUT2D eigenvalue weighted by Crippen LogP contribution is -2.28. The average molecular weight is 298 g/mol. The second-order valence-electron chi connectivity index (χ2n) is 4.32. The first-order valence-corrected chi connectivity index (χ1v) is 7.84. The number of thioether (sulfide) groups is 1. The maximum atomic E-state index is 10.9. The first-order valence-electron chi connectivity index (χ1n) is 6.61. The Hall–Kier alpha value is -1.47. The fourth-order valence-electron chi connectivity index (χ4n) is 1.94. The van der Waals surface area contributed by atoms with E-state index < -0.39 is 4.92 Å². The van der Waals surface area contributed by atoms with Gasteiger partial charge in [-0.3, -0.25) is 10.1 Å². The van der Waals surface area contributed by atoms with E-state index in [9.17, 15) is 10.1 Å². The lowest BCUT2D eigenvalue weighted by Gasteiger charge is -2.19. The van der Waals surface area contributed by atoms with Crippen LogP contribution >= 0.6 is 11.8 Å². The van der Waals surface area contributed by atoms with Gasteiger partial charge in [0.2, 0.25) is 0 Å². The van der Waals surface area contributed by atoms with Crippen LogP contribution in [0, 0.1) is 10.1 Å². The largest absolute Gasteiger partial charge is 0.393 e. The van der Waals surface area contributed by atoms with Crippen molar-refractivity contribution in [1.29, 1.82) is 0 Å². The van der Waals surface area contributed by atoms with Gasteiger partial charge in [0.05, 0.1) is 10.6 Å². The highest BCUT2D eigenvalue weighted by atomic mass is 32.2. The SMILES string of the molecule is CCN(CC)CCNc1cc([N+](=O)[O-])c(N)cc1SC. The van der Waals surface area contributed by atoms with Gasteiger partial charge in [0.15, 0.2) is 0 Å². The van der Waals surface area contributed by atoms with Crippen LogP contribution in [0.5, 0.6) is 0 Å². The van der Waals surface area contributed by atoms with E-state index in [2.05, 4.69) is 24.1 Å². The number of nitrogens with zero attached hydrogens (tertiary/aromatic N) is 2. The van der Waals surface area contributed by atoms with E-state index in [1.807, 2.05) is 6.26 Å². The number of nitro groups is 1. The second-order valence-corrected chi connectivity index (χ2v) is 5.17. The average Bonchev–Trinajstić information content (AvgIpc) is 2.44. The normalized spacial score (nSPS) is 10.8. The van der Waals surface area contributed by atoms with Gasteiger partial charge in [-0.2, -0.15) is 0 Å². The maximum absolute atomic E-state index is 10.9. The van der Waals surface area contributed by atoms with E-state index >= 15 is 0 Å². The van der Waals surface area contributed by atoms with Gasteiger partial charge >= 0.3 is 0 Å². The molecular weight excluding hydrogens is 276 g/mol. The summed E-state index contributed by atoms with van der Waals surface area (Å²) in [5.41, 5.74) is 6.62. The van der Waals surface area contributed by atoms with Gasteiger partial charge in [-0.1, -0.05) is 13.8 Å². The number of hydrogen-bond donors (Lipinski definition) is 2. The summed E-state index contributed by atoms with van der Waals surface area (Å²) in [7, 11) is 0. The molecule has 0 fully saturated rings. The summed E-state index contributed by atoms with van der Waals surface area (Å²) < 4.78 is 0. The minimum Gasteiger partial charge on any atom is -0.393 e. The molecule has 20 heavy (non-hydrogen) atoms. The van der Waals surface area contributed by atoms with Crippen molar-refractivity contribution in [3.8, 4) is 0 Å². The van der Waals surface area contributed by atoms with Crippen molar-refractivity contribution in [3.05, 3.63) is 22.2 Å². The number of nitrogen functional groups attached to an aromatic ring is 1. The van der Waals surface area contributed by atoms with Crippen LogP contribution in [0.25, 0.3) is 0 Å². The highest BCUT2D eigenvalue weighted by Crippen LogP contribution is 2.34. The summed E-state index contributed by atoms with van der Waals surface area (Å²) in [5.74, 6) is 0. The Kier molecular flexibility index (Phi) is 6.60.